The number of aliphatic hydroxyl groups is 1. The van der Waals surface area contributed by atoms with Crippen molar-refractivity contribution in [1.82, 2.24) is 0 Å². The zero-order valence-electron chi connectivity index (χ0n) is 12.8. The van der Waals surface area contributed by atoms with Gasteiger partial charge in [0.2, 0.25) is 12.5 Å². The van der Waals surface area contributed by atoms with Gasteiger partial charge < -0.3 is 19.3 Å². The van der Waals surface area contributed by atoms with Crippen LogP contribution in [0.25, 0.3) is 0 Å². The summed E-state index contributed by atoms with van der Waals surface area (Å²) in [5.74, 6) is 3.03. The molecule has 116 valence electrons. The van der Waals surface area contributed by atoms with Crippen LogP contribution in [0.4, 0.5) is 0 Å². The Morgan fingerprint density at radius 1 is 1.33 bits per heavy atom. The normalized spacial score (nSPS) is 25.7. The van der Waals surface area contributed by atoms with Gasteiger partial charge in [-0.15, -0.1) is 0 Å². The fraction of sp³-hybridized carbons (Fsp3) is 0.647. The number of aliphatic hydroxyl groups excluding tert-OH is 1. The van der Waals surface area contributed by atoms with Crippen LogP contribution in [0.2, 0.25) is 0 Å². The van der Waals surface area contributed by atoms with E-state index in [1.165, 1.54) is 19.3 Å². The molecule has 1 aromatic rings. The molecule has 1 aliphatic heterocycles. The summed E-state index contributed by atoms with van der Waals surface area (Å²) in [6.07, 6.45) is 5.45. The molecule has 21 heavy (non-hydrogen) atoms. The Morgan fingerprint density at radius 2 is 2.19 bits per heavy atom. The van der Waals surface area contributed by atoms with Crippen molar-refractivity contribution in [3.8, 4) is 17.2 Å². The Kier molecular flexibility index (Phi) is 4.24. The molecule has 1 heterocycles. The smallest absolute Gasteiger partial charge is 0.231 e. The summed E-state index contributed by atoms with van der Waals surface area (Å²) in [4.78, 5) is 0. The second-order valence-electron chi connectivity index (χ2n) is 6.10. The van der Waals surface area contributed by atoms with Crippen LogP contribution < -0.4 is 14.2 Å². The first-order chi connectivity index (χ1) is 10.2. The predicted octanol–water partition coefficient (Wildman–Crippen LogP) is 3.67. The lowest BCUT2D eigenvalue weighted by Crippen LogP contribution is -2.21. The fourth-order valence-electron chi connectivity index (χ4n) is 3.58. The third-order valence-electron chi connectivity index (χ3n) is 4.87. The molecule has 4 nitrogen and oxygen atoms in total. The highest BCUT2D eigenvalue weighted by Gasteiger charge is 2.30. The molecule has 3 unspecified atom stereocenters. The van der Waals surface area contributed by atoms with Crippen LogP contribution in [0.15, 0.2) is 12.1 Å². The van der Waals surface area contributed by atoms with Crippen molar-refractivity contribution in [3.05, 3.63) is 17.7 Å². The molecule has 0 saturated heterocycles. The van der Waals surface area contributed by atoms with Gasteiger partial charge in [0.15, 0.2) is 11.5 Å². The lowest BCUT2D eigenvalue weighted by atomic mass is 9.76. The maximum atomic E-state index is 10.8. The standard InChI is InChI=1S/C17H24O4/c1-3-11-5-4-6-12(7-11)16(18)13-8-14(19-2)17-15(9-13)20-10-21-17/h8-9,11-12,16,18H,3-7,10H2,1-2H3. The maximum absolute atomic E-state index is 10.8. The molecular formula is C17H24O4. The van der Waals surface area contributed by atoms with Crippen molar-refractivity contribution in [2.75, 3.05) is 13.9 Å². The predicted molar refractivity (Wildman–Crippen MR) is 79.8 cm³/mol. The Hall–Kier alpha value is -1.42. The van der Waals surface area contributed by atoms with E-state index >= 15 is 0 Å². The minimum absolute atomic E-state index is 0.215. The number of hydrogen-bond donors (Lipinski definition) is 1. The lowest BCUT2D eigenvalue weighted by Gasteiger charge is -2.32. The SMILES string of the molecule is CCC1CCCC(C(O)c2cc(OC)c3c(c2)OCO3)C1. The van der Waals surface area contributed by atoms with Crippen LogP contribution >= 0.6 is 0 Å². The second-order valence-corrected chi connectivity index (χ2v) is 6.10. The molecule has 0 radical (unpaired) electrons. The Labute approximate surface area is 126 Å². The highest BCUT2D eigenvalue weighted by Crippen LogP contribution is 2.45. The van der Waals surface area contributed by atoms with Gasteiger partial charge in [0, 0.05) is 0 Å². The lowest BCUT2D eigenvalue weighted by molar-refractivity contribution is 0.0675. The van der Waals surface area contributed by atoms with Crippen molar-refractivity contribution >= 4 is 0 Å². The maximum Gasteiger partial charge on any atom is 0.231 e. The minimum Gasteiger partial charge on any atom is -0.493 e. The van der Waals surface area contributed by atoms with Crippen LogP contribution in [-0.4, -0.2) is 19.0 Å². The number of rotatable bonds is 4. The first-order valence-corrected chi connectivity index (χ1v) is 7.88. The zero-order chi connectivity index (χ0) is 14.8. The average molecular weight is 292 g/mol. The number of ether oxygens (including phenoxy) is 3. The Morgan fingerprint density at radius 3 is 2.95 bits per heavy atom. The van der Waals surface area contributed by atoms with Crippen molar-refractivity contribution in [1.29, 1.82) is 0 Å². The molecule has 0 bridgehead atoms. The quantitative estimate of drug-likeness (QED) is 0.919. The summed E-state index contributed by atoms with van der Waals surface area (Å²) < 4.78 is 16.2. The molecule has 1 N–H and O–H groups in total. The van der Waals surface area contributed by atoms with Crippen LogP contribution in [0, 0.1) is 11.8 Å². The highest BCUT2D eigenvalue weighted by atomic mass is 16.7. The van der Waals surface area contributed by atoms with Gasteiger partial charge in [-0.3, -0.25) is 0 Å². The molecule has 1 saturated carbocycles. The van der Waals surface area contributed by atoms with E-state index in [-0.39, 0.29) is 6.79 Å². The van der Waals surface area contributed by atoms with Crippen LogP contribution in [-0.2, 0) is 0 Å². The largest absolute Gasteiger partial charge is 0.493 e. The van der Waals surface area contributed by atoms with Gasteiger partial charge >= 0.3 is 0 Å². The molecule has 1 aromatic carbocycles. The van der Waals surface area contributed by atoms with Gasteiger partial charge in [-0.25, -0.2) is 0 Å². The number of methoxy groups -OCH3 is 1. The summed E-state index contributed by atoms with van der Waals surface area (Å²) in [6.45, 7) is 2.45. The first kappa shape index (κ1) is 14.5. The van der Waals surface area contributed by atoms with E-state index in [0.717, 1.165) is 24.3 Å². The van der Waals surface area contributed by atoms with E-state index < -0.39 is 6.10 Å². The molecule has 3 atom stereocenters. The molecule has 1 fully saturated rings. The molecule has 0 aromatic heterocycles. The fourth-order valence-corrected chi connectivity index (χ4v) is 3.58. The summed E-state index contributed by atoms with van der Waals surface area (Å²) >= 11 is 0. The van der Waals surface area contributed by atoms with E-state index in [9.17, 15) is 5.11 Å². The van der Waals surface area contributed by atoms with Gasteiger partial charge in [0.1, 0.15) is 0 Å². The summed E-state index contributed by atoms with van der Waals surface area (Å²) in [6, 6.07) is 3.78. The number of benzene rings is 1. The van der Waals surface area contributed by atoms with Gasteiger partial charge in [-0.2, -0.15) is 0 Å². The van der Waals surface area contributed by atoms with Crippen molar-refractivity contribution in [2.45, 2.75) is 45.1 Å². The second kappa shape index (κ2) is 6.14. The average Bonchev–Trinajstić information content (AvgIpc) is 3.01. The molecule has 4 heteroatoms. The van der Waals surface area contributed by atoms with Crippen LogP contribution in [0.3, 0.4) is 0 Å². The summed E-state index contributed by atoms with van der Waals surface area (Å²) in [7, 11) is 1.61. The minimum atomic E-state index is -0.456. The van der Waals surface area contributed by atoms with E-state index in [4.69, 9.17) is 14.2 Å². The molecule has 2 aliphatic rings. The topological polar surface area (TPSA) is 47.9 Å². The molecular weight excluding hydrogens is 268 g/mol. The zero-order valence-corrected chi connectivity index (χ0v) is 12.8. The van der Waals surface area contributed by atoms with Gasteiger partial charge in [0.05, 0.1) is 13.2 Å². The van der Waals surface area contributed by atoms with E-state index in [1.807, 2.05) is 12.1 Å². The molecule has 0 amide bonds. The van der Waals surface area contributed by atoms with Gasteiger partial charge in [-0.05, 0) is 42.4 Å². The van der Waals surface area contributed by atoms with Crippen molar-refractivity contribution in [2.24, 2.45) is 11.8 Å². The first-order valence-electron chi connectivity index (χ1n) is 7.88. The van der Waals surface area contributed by atoms with E-state index in [0.29, 0.717) is 23.2 Å². The summed E-state index contributed by atoms with van der Waals surface area (Å²) in [5, 5.41) is 10.8. The monoisotopic (exact) mass is 292 g/mol. The Balaban J connectivity index is 1.82. The third kappa shape index (κ3) is 2.82. The van der Waals surface area contributed by atoms with Crippen molar-refractivity contribution < 1.29 is 19.3 Å². The third-order valence-corrected chi connectivity index (χ3v) is 4.87. The number of hydrogen-bond acceptors (Lipinski definition) is 4. The molecule has 0 spiro atoms. The number of fused-ring (bicyclic) bond motifs is 1. The van der Waals surface area contributed by atoms with Crippen molar-refractivity contribution in [3.63, 3.8) is 0 Å². The van der Waals surface area contributed by atoms with Crippen LogP contribution in [0.5, 0.6) is 17.2 Å². The van der Waals surface area contributed by atoms with Crippen LogP contribution in [0.1, 0.15) is 50.7 Å². The van der Waals surface area contributed by atoms with E-state index in [2.05, 4.69) is 6.92 Å². The van der Waals surface area contributed by atoms with Gasteiger partial charge in [-0.1, -0.05) is 26.2 Å². The molecule has 3 rings (SSSR count). The van der Waals surface area contributed by atoms with Gasteiger partial charge in [0.25, 0.3) is 0 Å². The van der Waals surface area contributed by atoms with E-state index in [1.54, 1.807) is 7.11 Å². The summed E-state index contributed by atoms with van der Waals surface area (Å²) in [5.41, 5.74) is 0.873. The highest BCUT2D eigenvalue weighted by molar-refractivity contribution is 5.55. The molecule has 1 aliphatic carbocycles. The Bertz CT molecular complexity index is 500.